The zero-order valence-corrected chi connectivity index (χ0v) is 15.5. The summed E-state index contributed by atoms with van der Waals surface area (Å²) in [5.41, 5.74) is -1.54. The molecule has 0 aliphatic heterocycles. The summed E-state index contributed by atoms with van der Waals surface area (Å²) in [6.07, 6.45) is -4.56. The third-order valence-corrected chi connectivity index (χ3v) is 3.88. The van der Waals surface area contributed by atoms with Crippen molar-refractivity contribution in [1.29, 1.82) is 0 Å². The van der Waals surface area contributed by atoms with Crippen LogP contribution in [0.4, 0.5) is 13.2 Å². The van der Waals surface area contributed by atoms with E-state index in [1.807, 2.05) is 0 Å². The molecule has 0 fully saturated rings. The molecule has 144 valence electrons. The first kappa shape index (κ1) is 20.5. The second-order valence-electron chi connectivity index (χ2n) is 7.06. The average Bonchev–Trinajstić information content (AvgIpc) is 2.60. The van der Waals surface area contributed by atoms with Crippen LogP contribution in [0.1, 0.15) is 47.1 Å². The van der Waals surface area contributed by atoms with E-state index in [1.54, 1.807) is 51.1 Å². The molecule has 2 amide bonds. The first-order valence-corrected chi connectivity index (χ1v) is 8.28. The van der Waals surface area contributed by atoms with E-state index >= 15 is 0 Å². The van der Waals surface area contributed by atoms with Crippen LogP contribution in [0.25, 0.3) is 0 Å². The molecule has 0 aliphatic carbocycles. The Morgan fingerprint density at radius 3 is 1.89 bits per heavy atom. The molecule has 0 heterocycles. The minimum Gasteiger partial charge on any atom is -0.267 e. The molecule has 2 aromatic rings. The van der Waals surface area contributed by atoms with Crippen LogP contribution in [0.5, 0.6) is 0 Å². The van der Waals surface area contributed by atoms with Crippen molar-refractivity contribution in [3.63, 3.8) is 0 Å². The zero-order chi connectivity index (χ0) is 20.4. The molecule has 2 rings (SSSR count). The van der Waals surface area contributed by atoms with Gasteiger partial charge in [0.1, 0.15) is 0 Å². The van der Waals surface area contributed by atoms with Crippen LogP contribution in [0, 0.1) is 0 Å². The summed E-state index contributed by atoms with van der Waals surface area (Å²) in [5, 5.41) is 2.30. The van der Waals surface area contributed by atoms with Gasteiger partial charge in [0, 0.05) is 18.2 Å². The number of hydrogen-bond donors (Lipinski definition) is 0. The molecule has 0 bridgehead atoms. The van der Waals surface area contributed by atoms with Crippen molar-refractivity contribution >= 4 is 11.8 Å². The largest absolute Gasteiger partial charge is 0.416 e. The maximum atomic E-state index is 13.0. The van der Waals surface area contributed by atoms with Gasteiger partial charge < -0.3 is 0 Å². The minimum atomic E-state index is -4.56. The van der Waals surface area contributed by atoms with Crippen molar-refractivity contribution < 1.29 is 22.8 Å². The molecule has 0 unspecified atom stereocenters. The number of carbonyl (C=O) groups excluding carboxylic acids is 2. The highest BCUT2D eigenvalue weighted by Gasteiger charge is 2.36. The maximum Gasteiger partial charge on any atom is 0.416 e. The molecule has 7 heteroatoms. The van der Waals surface area contributed by atoms with Crippen molar-refractivity contribution in [2.75, 3.05) is 7.05 Å². The smallest absolute Gasteiger partial charge is 0.267 e. The highest BCUT2D eigenvalue weighted by Crippen LogP contribution is 2.30. The molecule has 0 N–H and O–H groups in total. The van der Waals surface area contributed by atoms with Crippen LogP contribution in [-0.4, -0.2) is 34.4 Å². The molecular formula is C20H21F3N2O2. The van der Waals surface area contributed by atoms with Gasteiger partial charge in [-0.2, -0.15) is 13.2 Å². The van der Waals surface area contributed by atoms with Crippen LogP contribution in [0.3, 0.4) is 0 Å². The Kier molecular flexibility index (Phi) is 5.63. The number of hydrazine groups is 1. The summed E-state index contributed by atoms with van der Waals surface area (Å²) in [6, 6.07) is 12.5. The van der Waals surface area contributed by atoms with Gasteiger partial charge in [-0.25, -0.2) is 10.0 Å². The van der Waals surface area contributed by atoms with E-state index in [-0.39, 0.29) is 5.56 Å². The lowest BCUT2D eigenvalue weighted by molar-refractivity contribution is -0.137. The monoisotopic (exact) mass is 378 g/mol. The lowest BCUT2D eigenvalue weighted by Crippen LogP contribution is -2.56. The zero-order valence-electron chi connectivity index (χ0n) is 15.5. The lowest BCUT2D eigenvalue weighted by Gasteiger charge is -2.41. The van der Waals surface area contributed by atoms with Crippen molar-refractivity contribution in [3.05, 3.63) is 71.3 Å². The van der Waals surface area contributed by atoms with Crippen molar-refractivity contribution in [2.45, 2.75) is 32.5 Å². The van der Waals surface area contributed by atoms with Crippen LogP contribution in [0.2, 0.25) is 0 Å². The summed E-state index contributed by atoms with van der Waals surface area (Å²) in [5.74, 6) is -1.13. The summed E-state index contributed by atoms with van der Waals surface area (Å²) >= 11 is 0. The average molecular weight is 378 g/mol. The molecule has 2 aromatic carbocycles. The standard InChI is InChI=1S/C20H21F3N2O2/c1-19(2,3)25(24(4)17(26)14-9-6-5-7-10-14)18(27)15-11-8-12-16(13-15)20(21,22)23/h5-13H,1-4H3. The number of benzene rings is 2. The first-order chi connectivity index (χ1) is 12.4. The molecule has 0 saturated carbocycles. The fourth-order valence-electron chi connectivity index (χ4n) is 2.70. The van der Waals surface area contributed by atoms with Gasteiger partial charge in [0.05, 0.1) is 11.1 Å². The number of hydrogen-bond acceptors (Lipinski definition) is 2. The molecule has 0 atom stereocenters. The molecule has 4 nitrogen and oxygen atoms in total. The Morgan fingerprint density at radius 2 is 1.37 bits per heavy atom. The molecule has 27 heavy (non-hydrogen) atoms. The minimum absolute atomic E-state index is 0.146. The Balaban J connectivity index is 2.42. The highest BCUT2D eigenvalue weighted by atomic mass is 19.4. The second kappa shape index (κ2) is 7.42. The van der Waals surface area contributed by atoms with E-state index in [0.29, 0.717) is 5.56 Å². The normalized spacial score (nSPS) is 11.8. The van der Waals surface area contributed by atoms with Gasteiger partial charge in [0.15, 0.2) is 0 Å². The molecule has 0 radical (unpaired) electrons. The summed E-state index contributed by atoms with van der Waals surface area (Å²) in [4.78, 5) is 25.8. The Hall–Kier alpha value is -2.83. The van der Waals surface area contributed by atoms with Gasteiger partial charge in [0.2, 0.25) is 0 Å². The molecule has 0 aromatic heterocycles. The Bertz CT molecular complexity index is 827. The van der Waals surface area contributed by atoms with Gasteiger partial charge in [-0.1, -0.05) is 24.3 Å². The summed E-state index contributed by atoms with van der Waals surface area (Å²) in [6.45, 7) is 5.11. The van der Waals surface area contributed by atoms with Crippen LogP contribution in [0.15, 0.2) is 54.6 Å². The molecule has 0 spiro atoms. The third-order valence-electron chi connectivity index (χ3n) is 3.88. The Morgan fingerprint density at radius 1 is 0.815 bits per heavy atom. The van der Waals surface area contributed by atoms with Gasteiger partial charge in [0.25, 0.3) is 11.8 Å². The maximum absolute atomic E-state index is 13.0. The van der Waals surface area contributed by atoms with Crippen molar-refractivity contribution in [3.8, 4) is 0 Å². The van der Waals surface area contributed by atoms with E-state index < -0.39 is 29.1 Å². The van der Waals surface area contributed by atoms with Crippen LogP contribution < -0.4 is 0 Å². The second-order valence-corrected chi connectivity index (χ2v) is 7.06. The van der Waals surface area contributed by atoms with Gasteiger partial charge >= 0.3 is 6.18 Å². The lowest BCUT2D eigenvalue weighted by atomic mass is 10.0. The first-order valence-electron chi connectivity index (χ1n) is 8.28. The van der Waals surface area contributed by atoms with E-state index in [4.69, 9.17) is 0 Å². The SMILES string of the molecule is CN(C(=O)c1ccccc1)N(C(=O)c1cccc(C(F)(F)F)c1)C(C)(C)C. The van der Waals surface area contributed by atoms with E-state index in [9.17, 15) is 22.8 Å². The number of carbonyl (C=O) groups is 2. The molecular weight excluding hydrogens is 357 g/mol. The third kappa shape index (κ3) is 4.67. The number of halogens is 3. The number of alkyl halides is 3. The number of rotatable bonds is 2. The number of nitrogens with zero attached hydrogens (tertiary/aromatic N) is 2. The van der Waals surface area contributed by atoms with Crippen LogP contribution in [-0.2, 0) is 6.18 Å². The quantitative estimate of drug-likeness (QED) is 0.715. The fourth-order valence-corrected chi connectivity index (χ4v) is 2.70. The summed E-state index contributed by atoms with van der Waals surface area (Å²) < 4.78 is 39.0. The van der Waals surface area contributed by atoms with Gasteiger partial charge in [-0.05, 0) is 51.1 Å². The van der Waals surface area contributed by atoms with E-state index in [1.165, 1.54) is 19.2 Å². The highest BCUT2D eigenvalue weighted by molar-refractivity contribution is 5.99. The van der Waals surface area contributed by atoms with Crippen LogP contribution >= 0.6 is 0 Å². The van der Waals surface area contributed by atoms with E-state index in [0.717, 1.165) is 22.2 Å². The fraction of sp³-hybridized carbons (Fsp3) is 0.300. The predicted molar refractivity (Wildman–Crippen MR) is 95.9 cm³/mol. The topological polar surface area (TPSA) is 40.6 Å². The van der Waals surface area contributed by atoms with Crippen molar-refractivity contribution in [2.24, 2.45) is 0 Å². The number of amides is 2. The Labute approximate surface area is 156 Å². The van der Waals surface area contributed by atoms with Gasteiger partial charge in [-0.3, -0.25) is 9.59 Å². The van der Waals surface area contributed by atoms with Crippen molar-refractivity contribution in [1.82, 2.24) is 10.0 Å². The summed E-state index contributed by atoms with van der Waals surface area (Å²) in [7, 11) is 1.42. The molecule has 0 aliphatic rings. The molecule has 0 saturated heterocycles. The predicted octanol–water partition coefficient (Wildman–Crippen LogP) is 4.63. The van der Waals surface area contributed by atoms with Gasteiger partial charge in [-0.15, -0.1) is 0 Å². The van der Waals surface area contributed by atoms with E-state index in [2.05, 4.69) is 0 Å².